The van der Waals surface area contributed by atoms with Crippen molar-refractivity contribution in [3.63, 3.8) is 0 Å². The summed E-state index contributed by atoms with van der Waals surface area (Å²) in [6, 6.07) is 0. The van der Waals surface area contributed by atoms with Crippen LogP contribution in [0.4, 0.5) is 0 Å². The lowest BCUT2D eigenvalue weighted by Crippen LogP contribution is -2.26. The Morgan fingerprint density at radius 1 is 1.25 bits per heavy atom. The van der Waals surface area contributed by atoms with Crippen LogP contribution in [0.5, 0.6) is 0 Å². The molecule has 0 aliphatic heterocycles. The first-order chi connectivity index (χ1) is 5.72. The van der Waals surface area contributed by atoms with E-state index in [0.29, 0.717) is 11.8 Å². The summed E-state index contributed by atoms with van der Waals surface area (Å²) in [6.45, 7) is 10.4. The smallest absolute Gasteiger partial charge is 0.0505 e. The second kappa shape index (κ2) is 10.9. The van der Waals surface area contributed by atoms with Gasteiger partial charge in [-0.3, -0.25) is 0 Å². The molecule has 12 heavy (non-hydrogen) atoms. The van der Waals surface area contributed by atoms with Gasteiger partial charge in [0, 0.05) is 13.7 Å². The molecule has 2 nitrogen and oxygen atoms in total. The Kier molecular flexibility index (Phi) is 13.1. The van der Waals surface area contributed by atoms with Crippen LogP contribution in [-0.2, 0) is 4.74 Å². The maximum Gasteiger partial charge on any atom is 0.0505 e. The highest BCUT2D eigenvalue weighted by Crippen LogP contribution is 2.08. The Labute approximate surface area is 77.7 Å². The van der Waals surface area contributed by atoms with Crippen LogP contribution in [0.2, 0.25) is 0 Å². The van der Waals surface area contributed by atoms with Gasteiger partial charge in [0.15, 0.2) is 0 Å². The van der Waals surface area contributed by atoms with Crippen molar-refractivity contribution in [3.8, 4) is 0 Å². The topological polar surface area (TPSA) is 21.3 Å². The highest BCUT2D eigenvalue weighted by molar-refractivity contribution is 4.63. The van der Waals surface area contributed by atoms with Gasteiger partial charge in [0.1, 0.15) is 0 Å². The fraction of sp³-hybridized carbons (Fsp3) is 1.00. The number of methoxy groups -OCH3 is 1. The van der Waals surface area contributed by atoms with Crippen molar-refractivity contribution in [1.29, 1.82) is 0 Å². The van der Waals surface area contributed by atoms with Gasteiger partial charge < -0.3 is 10.1 Å². The molecule has 0 amide bonds. The summed E-state index contributed by atoms with van der Waals surface area (Å²) in [6.07, 6.45) is 0. The summed E-state index contributed by atoms with van der Waals surface area (Å²) < 4.78 is 5.08. The zero-order valence-corrected chi connectivity index (χ0v) is 9.48. The lowest BCUT2D eigenvalue weighted by molar-refractivity contribution is 0.129. The van der Waals surface area contributed by atoms with Crippen molar-refractivity contribution in [2.75, 3.05) is 27.3 Å². The first-order valence-electron chi connectivity index (χ1n) is 4.86. The van der Waals surface area contributed by atoms with Gasteiger partial charge in [-0.15, -0.1) is 0 Å². The highest BCUT2D eigenvalue weighted by atomic mass is 16.5. The summed E-state index contributed by atoms with van der Waals surface area (Å²) in [5.41, 5.74) is 0. The molecule has 0 aromatic heterocycles. The van der Waals surface area contributed by atoms with Gasteiger partial charge in [0.25, 0.3) is 0 Å². The quantitative estimate of drug-likeness (QED) is 0.691. The molecule has 0 spiro atoms. The molecule has 0 rings (SSSR count). The maximum absolute atomic E-state index is 5.08. The van der Waals surface area contributed by atoms with Crippen molar-refractivity contribution < 1.29 is 4.74 Å². The summed E-state index contributed by atoms with van der Waals surface area (Å²) in [5.74, 6) is 1.35. The molecular formula is C10H25NO. The molecule has 0 radical (unpaired) electrons. The normalized spacial score (nSPS) is 12.2. The molecule has 0 bridgehead atoms. The first-order valence-corrected chi connectivity index (χ1v) is 4.86. The molecule has 0 aromatic carbocycles. The van der Waals surface area contributed by atoms with E-state index >= 15 is 0 Å². The molecule has 1 N–H and O–H groups in total. The zero-order valence-electron chi connectivity index (χ0n) is 9.48. The Balaban J connectivity index is 0. The number of nitrogens with one attached hydrogen (secondary N) is 1. The third kappa shape index (κ3) is 8.02. The second-order valence-corrected chi connectivity index (χ2v) is 3.02. The van der Waals surface area contributed by atoms with E-state index in [1.54, 1.807) is 7.11 Å². The number of hydrogen-bond acceptors (Lipinski definition) is 2. The molecule has 0 saturated carbocycles. The monoisotopic (exact) mass is 175 g/mol. The van der Waals surface area contributed by atoms with Crippen molar-refractivity contribution in [2.24, 2.45) is 11.8 Å². The van der Waals surface area contributed by atoms with Gasteiger partial charge in [0.05, 0.1) is 6.61 Å². The minimum absolute atomic E-state index is 0.648. The third-order valence-corrected chi connectivity index (χ3v) is 1.79. The predicted molar refractivity (Wildman–Crippen MR) is 55.5 cm³/mol. The van der Waals surface area contributed by atoms with E-state index in [0.717, 1.165) is 13.2 Å². The van der Waals surface area contributed by atoms with Crippen LogP contribution in [-0.4, -0.2) is 27.3 Å². The van der Waals surface area contributed by atoms with Crippen LogP contribution < -0.4 is 5.32 Å². The maximum atomic E-state index is 5.08. The third-order valence-electron chi connectivity index (χ3n) is 1.79. The minimum atomic E-state index is 0.648. The van der Waals surface area contributed by atoms with Crippen molar-refractivity contribution in [1.82, 2.24) is 5.32 Å². The van der Waals surface area contributed by atoms with Gasteiger partial charge in [-0.05, 0) is 18.9 Å². The Bertz CT molecular complexity index is 68.2. The van der Waals surface area contributed by atoms with Crippen LogP contribution in [0.25, 0.3) is 0 Å². The average molecular weight is 175 g/mol. The van der Waals surface area contributed by atoms with E-state index in [-0.39, 0.29) is 0 Å². The molecule has 1 unspecified atom stereocenters. The van der Waals surface area contributed by atoms with E-state index in [4.69, 9.17) is 4.74 Å². The zero-order chi connectivity index (χ0) is 9.98. The SMILES string of the molecule is CC.CNCC(COC)C(C)C. The molecular weight excluding hydrogens is 150 g/mol. The van der Waals surface area contributed by atoms with Gasteiger partial charge >= 0.3 is 0 Å². The van der Waals surface area contributed by atoms with Crippen LogP contribution in [0, 0.1) is 11.8 Å². The lowest BCUT2D eigenvalue weighted by Gasteiger charge is -2.18. The standard InChI is InChI=1S/C8H19NO.C2H6/c1-7(2)8(5-9-3)6-10-4;1-2/h7-9H,5-6H2,1-4H3;1-2H3. The van der Waals surface area contributed by atoms with E-state index in [9.17, 15) is 0 Å². The number of rotatable bonds is 5. The molecule has 0 aliphatic carbocycles. The molecule has 0 aromatic rings. The highest BCUT2D eigenvalue weighted by Gasteiger charge is 2.10. The summed E-state index contributed by atoms with van der Waals surface area (Å²) in [5, 5.41) is 3.15. The molecule has 1 atom stereocenters. The number of hydrogen-bond donors (Lipinski definition) is 1. The lowest BCUT2D eigenvalue weighted by atomic mass is 9.97. The van der Waals surface area contributed by atoms with E-state index in [1.807, 2.05) is 20.9 Å². The number of ether oxygens (including phenoxy) is 1. The molecule has 0 fully saturated rings. The van der Waals surface area contributed by atoms with Gasteiger partial charge in [-0.2, -0.15) is 0 Å². The van der Waals surface area contributed by atoms with Crippen molar-refractivity contribution in [2.45, 2.75) is 27.7 Å². The predicted octanol–water partition coefficient (Wildman–Crippen LogP) is 2.15. The molecule has 2 heteroatoms. The Morgan fingerprint density at radius 3 is 2.00 bits per heavy atom. The summed E-state index contributed by atoms with van der Waals surface area (Å²) >= 11 is 0. The summed E-state index contributed by atoms with van der Waals surface area (Å²) in [7, 11) is 3.73. The molecule has 0 heterocycles. The van der Waals surface area contributed by atoms with Crippen LogP contribution >= 0.6 is 0 Å². The summed E-state index contributed by atoms with van der Waals surface area (Å²) in [4.78, 5) is 0. The van der Waals surface area contributed by atoms with Crippen LogP contribution in [0.3, 0.4) is 0 Å². The Hall–Kier alpha value is -0.0800. The minimum Gasteiger partial charge on any atom is -0.384 e. The first kappa shape index (κ1) is 14.4. The fourth-order valence-corrected chi connectivity index (χ4v) is 0.963. The largest absolute Gasteiger partial charge is 0.384 e. The van der Waals surface area contributed by atoms with Gasteiger partial charge in [-0.25, -0.2) is 0 Å². The molecule has 0 aliphatic rings. The van der Waals surface area contributed by atoms with Gasteiger partial charge in [0.2, 0.25) is 0 Å². The van der Waals surface area contributed by atoms with E-state index in [2.05, 4.69) is 19.2 Å². The molecule has 76 valence electrons. The fourth-order valence-electron chi connectivity index (χ4n) is 0.963. The average Bonchev–Trinajstić information content (AvgIpc) is 2.08. The van der Waals surface area contributed by atoms with Crippen molar-refractivity contribution in [3.05, 3.63) is 0 Å². The van der Waals surface area contributed by atoms with E-state index in [1.165, 1.54) is 0 Å². The second-order valence-electron chi connectivity index (χ2n) is 3.02. The van der Waals surface area contributed by atoms with Crippen LogP contribution in [0.15, 0.2) is 0 Å². The van der Waals surface area contributed by atoms with Crippen molar-refractivity contribution >= 4 is 0 Å². The van der Waals surface area contributed by atoms with E-state index < -0.39 is 0 Å². The van der Waals surface area contributed by atoms with Crippen LogP contribution in [0.1, 0.15) is 27.7 Å². The Morgan fingerprint density at radius 2 is 1.75 bits per heavy atom. The molecule has 0 saturated heterocycles. The van der Waals surface area contributed by atoms with Gasteiger partial charge in [-0.1, -0.05) is 27.7 Å².